The molecule has 32 heavy (non-hydrogen) atoms. The maximum atomic E-state index is 12.6. The van der Waals surface area contributed by atoms with Crippen molar-refractivity contribution in [2.24, 2.45) is 0 Å². The van der Waals surface area contributed by atoms with Crippen molar-refractivity contribution in [1.82, 2.24) is 10.2 Å². The lowest BCUT2D eigenvalue weighted by molar-refractivity contribution is -0.136. The van der Waals surface area contributed by atoms with Crippen LogP contribution in [0.25, 0.3) is 0 Å². The zero-order valence-corrected chi connectivity index (χ0v) is 18.9. The monoisotopic (exact) mass is 436 g/mol. The molecule has 0 saturated carbocycles. The van der Waals surface area contributed by atoms with Crippen molar-refractivity contribution in [3.05, 3.63) is 59.2 Å². The number of ether oxygens (including phenoxy) is 1. The third-order valence-electron chi connectivity index (χ3n) is 6.41. The molecule has 0 spiro atoms. The van der Waals surface area contributed by atoms with Gasteiger partial charge in [0.1, 0.15) is 0 Å². The molecule has 2 N–H and O–H groups in total. The van der Waals surface area contributed by atoms with Gasteiger partial charge in [-0.15, -0.1) is 0 Å². The first kappa shape index (κ1) is 22.3. The smallest absolute Gasteiger partial charge is 0.313 e. The Kier molecular flexibility index (Phi) is 7.07. The van der Waals surface area contributed by atoms with Crippen molar-refractivity contribution in [2.45, 2.75) is 25.8 Å². The number of rotatable bonds is 6. The summed E-state index contributed by atoms with van der Waals surface area (Å²) < 4.78 is 5.53. The summed E-state index contributed by atoms with van der Waals surface area (Å²) in [5.41, 5.74) is 5.46. The van der Waals surface area contributed by atoms with Crippen molar-refractivity contribution < 1.29 is 14.3 Å². The molecule has 0 unspecified atom stereocenters. The zero-order chi connectivity index (χ0) is 22.5. The van der Waals surface area contributed by atoms with Crippen LogP contribution in [0.15, 0.2) is 42.5 Å². The number of amides is 2. The quantitative estimate of drug-likeness (QED) is 0.680. The Hall–Kier alpha value is -2.90. The van der Waals surface area contributed by atoms with E-state index in [4.69, 9.17) is 4.74 Å². The van der Waals surface area contributed by atoms with Crippen LogP contribution in [0.2, 0.25) is 0 Å². The number of hydrogen-bond acceptors (Lipinski definition) is 5. The van der Waals surface area contributed by atoms with Gasteiger partial charge < -0.3 is 20.3 Å². The number of hydrogen-bond donors (Lipinski definition) is 2. The highest BCUT2D eigenvalue weighted by atomic mass is 16.5. The van der Waals surface area contributed by atoms with Crippen LogP contribution in [-0.4, -0.2) is 63.2 Å². The fourth-order valence-electron chi connectivity index (χ4n) is 4.54. The molecule has 2 heterocycles. The van der Waals surface area contributed by atoms with Crippen LogP contribution >= 0.6 is 0 Å². The molecule has 0 aromatic heterocycles. The number of carbonyl (C=O) groups is 2. The molecule has 0 radical (unpaired) electrons. The van der Waals surface area contributed by atoms with Gasteiger partial charge in [-0.2, -0.15) is 0 Å². The summed E-state index contributed by atoms with van der Waals surface area (Å²) in [6.07, 6.45) is 1.81. The lowest BCUT2D eigenvalue weighted by atomic mass is 10.0. The van der Waals surface area contributed by atoms with Gasteiger partial charge in [0.15, 0.2) is 0 Å². The second kappa shape index (κ2) is 10.1. The average Bonchev–Trinajstić information content (AvgIpc) is 3.20. The molecule has 0 bridgehead atoms. The normalized spacial score (nSPS) is 17.0. The Morgan fingerprint density at radius 2 is 1.84 bits per heavy atom. The Morgan fingerprint density at radius 3 is 2.62 bits per heavy atom. The molecule has 2 aromatic rings. The standard InChI is InChI=1S/C25H32N4O3/c1-3-18-6-4-5-7-21(18)27-25(31)24(30)26-17-23(29-12-14-32-15-13-29)19-8-9-22-20(16-19)10-11-28(22)2/h4-9,16,23H,3,10-15,17H2,1-2H3,(H,26,30)(H,27,31)/t23-/m0/s1. The van der Waals surface area contributed by atoms with E-state index in [0.29, 0.717) is 25.4 Å². The number of nitrogens with zero attached hydrogens (tertiary/aromatic N) is 2. The highest BCUT2D eigenvalue weighted by Crippen LogP contribution is 2.31. The second-order valence-corrected chi connectivity index (χ2v) is 8.40. The molecule has 2 amide bonds. The van der Waals surface area contributed by atoms with Crippen LogP contribution < -0.4 is 15.5 Å². The molecule has 1 atom stereocenters. The van der Waals surface area contributed by atoms with Crippen LogP contribution in [0.5, 0.6) is 0 Å². The second-order valence-electron chi connectivity index (χ2n) is 8.40. The van der Waals surface area contributed by atoms with Crippen LogP contribution in [-0.2, 0) is 27.2 Å². The van der Waals surface area contributed by atoms with Crippen molar-refractivity contribution in [3.63, 3.8) is 0 Å². The SMILES string of the molecule is CCc1ccccc1NC(=O)C(=O)NC[C@@H](c1ccc2c(c1)CCN2C)N1CCOCC1. The van der Waals surface area contributed by atoms with Gasteiger partial charge in [-0.3, -0.25) is 14.5 Å². The van der Waals surface area contributed by atoms with E-state index in [2.05, 4.69) is 45.7 Å². The Bertz CT molecular complexity index is 971. The molecule has 0 aliphatic carbocycles. The van der Waals surface area contributed by atoms with E-state index in [0.717, 1.165) is 43.6 Å². The number of morpholine rings is 1. The molecule has 2 aliphatic heterocycles. The molecule has 2 aromatic carbocycles. The largest absolute Gasteiger partial charge is 0.379 e. The Balaban J connectivity index is 1.45. The maximum absolute atomic E-state index is 12.6. The minimum Gasteiger partial charge on any atom is -0.379 e. The molecular formula is C25H32N4O3. The van der Waals surface area contributed by atoms with Crippen molar-refractivity contribution in [1.29, 1.82) is 0 Å². The predicted octanol–water partition coefficient (Wildman–Crippen LogP) is 2.37. The summed E-state index contributed by atoms with van der Waals surface area (Å²) in [6.45, 7) is 6.36. The topological polar surface area (TPSA) is 73.9 Å². The van der Waals surface area contributed by atoms with Crippen molar-refractivity contribution >= 4 is 23.2 Å². The fraction of sp³-hybridized carbons (Fsp3) is 0.440. The van der Waals surface area contributed by atoms with Crippen LogP contribution in [0.3, 0.4) is 0 Å². The molecule has 2 aliphatic rings. The van der Waals surface area contributed by atoms with E-state index in [1.165, 1.54) is 11.3 Å². The zero-order valence-electron chi connectivity index (χ0n) is 18.9. The third-order valence-corrected chi connectivity index (χ3v) is 6.41. The lowest BCUT2D eigenvalue weighted by Crippen LogP contribution is -2.45. The Labute approximate surface area is 189 Å². The molecule has 7 heteroatoms. The first-order chi connectivity index (χ1) is 15.6. The van der Waals surface area contributed by atoms with Gasteiger partial charge in [0.2, 0.25) is 0 Å². The van der Waals surface area contributed by atoms with E-state index >= 15 is 0 Å². The van der Waals surface area contributed by atoms with Gasteiger partial charge in [-0.25, -0.2) is 0 Å². The summed E-state index contributed by atoms with van der Waals surface area (Å²) in [6, 6.07) is 14.1. The Morgan fingerprint density at radius 1 is 1.06 bits per heavy atom. The average molecular weight is 437 g/mol. The molecule has 1 fully saturated rings. The van der Waals surface area contributed by atoms with Crippen LogP contribution in [0.1, 0.15) is 29.7 Å². The minimum absolute atomic E-state index is 0.00483. The molecule has 1 saturated heterocycles. The highest BCUT2D eigenvalue weighted by molar-refractivity contribution is 6.39. The van der Waals surface area contributed by atoms with E-state index < -0.39 is 11.8 Å². The van der Waals surface area contributed by atoms with Gasteiger partial charge in [-0.1, -0.05) is 37.3 Å². The number of benzene rings is 2. The minimum atomic E-state index is -0.637. The van der Waals surface area contributed by atoms with Gasteiger partial charge in [0.05, 0.1) is 19.3 Å². The van der Waals surface area contributed by atoms with Gasteiger partial charge in [-0.05, 0) is 41.7 Å². The maximum Gasteiger partial charge on any atom is 0.313 e. The number of nitrogens with one attached hydrogen (secondary N) is 2. The van der Waals surface area contributed by atoms with E-state index in [-0.39, 0.29) is 6.04 Å². The van der Waals surface area contributed by atoms with Crippen LogP contribution in [0, 0.1) is 0 Å². The number of anilines is 2. The van der Waals surface area contributed by atoms with E-state index in [1.54, 1.807) is 0 Å². The first-order valence-electron chi connectivity index (χ1n) is 11.4. The highest BCUT2D eigenvalue weighted by Gasteiger charge is 2.26. The van der Waals surface area contributed by atoms with Gasteiger partial charge in [0.25, 0.3) is 0 Å². The predicted molar refractivity (Wildman–Crippen MR) is 126 cm³/mol. The van der Waals surface area contributed by atoms with Gasteiger partial charge in [0, 0.05) is 44.6 Å². The number of likely N-dealkylation sites (N-methyl/N-ethyl adjacent to an activating group) is 1. The van der Waals surface area contributed by atoms with Crippen molar-refractivity contribution in [2.75, 3.05) is 56.7 Å². The fourth-order valence-corrected chi connectivity index (χ4v) is 4.54. The molecular weight excluding hydrogens is 404 g/mol. The van der Waals surface area contributed by atoms with E-state index in [1.807, 2.05) is 31.2 Å². The van der Waals surface area contributed by atoms with Gasteiger partial charge >= 0.3 is 11.8 Å². The number of para-hydroxylation sites is 1. The first-order valence-corrected chi connectivity index (χ1v) is 11.4. The molecule has 4 rings (SSSR count). The third kappa shape index (κ3) is 4.95. The molecule has 170 valence electrons. The van der Waals surface area contributed by atoms with E-state index in [9.17, 15) is 9.59 Å². The van der Waals surface area contributed by atoms with Crippen molar-refractivity contribution in [3.8, 4) is 0 Å². The summed E-state index contributed by atoms with van der Waals surface area (Å²) in [7, 11) is 2.11. The van der Waals surface area contributed by atoms with Crippen LogP contribution in [0.4, 0.5) is 11.4 Å². The number of fused-ring (bicyclic) bond motifs is 1. The summed E-state index contributed by atoms with van der Waals surface area (Å²) >= 11 is 0. The lowest BCUT2D eigenvalue weighted by Gasteiger charge is -2.35. The summed E-state index contributed by atoms with van der Waals surface area (Å²) in [5, 5.41) is 5.62. The number of carbonyl (C=O) groups excluding carboxylic acids is 2. The summed E-state index contributed by atoms with van der Waals surface area (Å²) in [4.78, 5) is 29.8. The number of aryl methyl sites for hydroxylation is 1. The summed E-state index contributed by atoms with van der Waals surface area (Å²) in [5.74, 6) is -1.25. The molecule has 7 nitrogen and oxygen atoms in total.